The van der Waals surface area contributed by atoms with Crippen LogP contribution in [0.2, 0.25) is 0 Å². The van der Waals surface area contributed by atoms with Gasteiger partial charge in [-0.15, -0.1) is 15.0 Å². The lowest BCUT2D eigenvalue weighted by molar-refractivity contribution is 0.214. The number of epoxide rings is 2. The molecule has 8 nitrogen and oxygen atoms in total. The summed E-state index contributed by atoms with van der Waals surface area (Å²) >= 11 is 0. The van der Waals surface area contributed by atoms with Gasteiger partial charge in [-0.3, -0.25) is 0 Å². The lowest BCUT2D eigenvalue weighted by atomic mass is 10.5. The summed E-state index contributed by atoms with van der Waals surface area (Å²) in [6.45, 7) is 4.51. The maximum Gasteiger partial charge on any atom is 0.326 e. The summed E-state index contributed by atoms with van der Waals surface area (Å²) in [6.07, 6.45) is 3.97. The number of hydrogen-bond donors (Lipinski definition) is 0. The van der Waals surface area contributed by atoms with Crippen molar-refractivity contribution >= 4 is 0 Å². The average Bonchev–Trinajstić information content (AvgIpc) is 3.38. The molecule has 2 atom stereocenters. The monoisotopic (exact) mass is 295 g/mol. The van der Waals surface area contributed by atoms with Gasteiger partial charge < -0.3 is 23.7 Å². The Kier molecular flexibility index (Phi) is 4.46. The summed E-state index contributed by atoms with van der Waals surface area (Å²) < 4.78 is 26.4. The highest BCUT2D eigenvalue weighted by Crippen LogP contribution is 2.18. The molecule has 2 aliphatic rings. The SMILES string of the molecule is C/C=C/COc1nc(OCC2CO2)nc(OCC2CO2)n1. The minimum absolute atomic E-state index is 0.124. The fraction of sp³-hybridized carbons (Fsp3) is 0.615. The molecule has 0 N–H and O–H groups in total. The van der Waals surface area contributed by atoms with E-state index in [9.17, 15) is 0 Å². The lowest BCUT2D eigenvalue weighted by Crippen LogP contribution is -2.12. The van der Waals surface area contributed by atoms with E-state index < -0.39 is 0 Å². The molecule has 8 heteroatoms. The second-order valence-corrected chi connectivity index (χ2v) is 4.60. The number of aromatic nitrogens is 3. The first-order chi connectivity index (χ1) is 10.3. The van der Waals surface area contributed by atoms with Crippen molar-refractivity contribution < 1.29 is 23.7 Å². The highest BCUT2D eigenvalue weighted by molar-refractivity contribution is 5.09. The van der Waals surface area contributed by atoms with Crippen LogP contribution in [0.1, 0.15) is 6.92 Å². The van der Waals surface area contributed by atoms with Crippen LogP contribution < -0.4 is 14.2 Å². The van der Waals surface area contributed by atoms with E-state index in [0.29, 0.717) is 33.0 Å². The second kappa shape index (κ2) is 6.68. The molecule has 0 aliphatic carbocycles. The van der Waals surface area contributed by atoms with Crippen molar-refractivity contribution in [3.05, 3.63) is 12.2 Å². The van der Waals surface area contributed by atoms with E-state index >= 15 is 0 Å². The zero-order valence-electron chi connectivity index (χ0n) is 11.7. The first-order valence-corrected chi connectivity index (χ1v) is 6.82. The zero-order valence-corrected chi connectivity index (χ0v) is 11.7. The quantitative estimate of drug-likeness (QED) is 0.477. The fourth-order valence-corrected chi connectivity index (χ4v) is 1.40. The van der Waals surface area contributed by atoms with Crippen molar-refractivity contribution in [2.45, 2.75) is 19.1 Å². The van der Waals surface area contributed by atoms with Gasteiger partial charge in [0.2, 0.25) is 0 Å². The van der Waals surface area contributed by atoms with Crippen molar-refractivity contribution in [2.24, 2.45) is 0 Å². The maximum atomic E-state index is 5.44. The standard InChI is InChI=1S/C13H17N3O5/c1-2-3-4-17-11-14-12(20-7-9-5-18-9)16-13(15-11)21-8-10-6-19-10/h2-3,9-10H,4-8H2,1H3/b3-2+. The van der Waals surface area contributed by atoms with Crippen LogP contribution >= 0.6 is 0 Å². The van der Waals surface area contributed by atoms with Gasteiger partial charge in [-0.25, -0.2) is 0 Å². The molecule has 3 heterocycles. The minimum atomic E-state index is 0.124. The molecule has 0 saturated carbocycles. The normalized spacial score (nSPS) is 23.1. The van der Waals surface area contributed by atoms with Gasteiger partial charge in [0, 0.05) is 0 Å². The third-order valence-corrected chi connectivity index (χ3v) is 2.72. The van der Waals surface area contributed by atoms with E-state index in [1.165, 1.54) is 0 Å². The van der Waals surface area contributed by atoms with E-state index in [2.05, 4.69) is 15.0 Å². The van der Waals surface area contributed by atoms with E-state index in [0.717, 1.165) is 0 Å². The molecule has 0 aromatic carbocycles. The van der Waals surface area contributed by atoms with Crippen LogP contribution in [0, 0.1) is 0 Å². The Morgan fingerprint density at radius 1 is 0.952 bits per heavy atom. The largest absolute Gasteiger partial charge is 0.460 e. The summed E-state index contributed by atoms with van der Waals surface area (Å²) in [5.74, 6) is 0. The molecular formula is C13H17N3O5. The smallest absolute Gasteiger partial charge is 0.326 e. The number of allylic oxidation sites excluding steroid dienone is 1. The van der Waals surface area contributed by atoms with E-state index in [1.807, 2.05) is 19.1 Å². The van der Waals surface area contributed by atoms with Gasteiger partial charge in [0.15, 0.2) is 0 Å². The molecule has 0 bridgehead atoms. The minimum Gasteiger partial charge on any atom is -0.460 e. The third kappa shape index (κ3) is 4.83. The van der Waals surface area contributed by atoms with E-state index in [1.54, 1.807) is 0 Å². The van der Waals surface area contributed by atoms with Crippen LogP contribution in [-0.2, 0) is 9.47 Å². The highest BCUT2D eigenvalue weighted by Gasteiger charge is 2.25. The first kappa shape index (κ1) is 14.0. The molecule has 2 aliphatic heterocycles. The van der Waals surface area contributed by atoms with Crippen molar-refractivity contribution in [1.82, 2.24) is 15.0 Å². The van der Waals surface area contributed by atoms with Gasteiger partial charge in [-0.2, -0.15) is 0 Å². The van der Waals surface area contributed by atoms with Gasteiger partial charge in [0.05, 0.1) is 13.2 Å². The first-order valence-electron chi connectivity index (χ1n) is 6.82. The lowest BCUT2D eigenvalue weighted by Gasteiger charge is -2.08. The fourth-order valence-electron chi connectivity index (χ4n) is 1.40. The Morgan fingerprint density at radius 3 is 1.86 bits per heavy atom. The molecule has 2 unspecified atom stereocenters. The van der Waals surface area contributed by atoms with Crippen molar-refractivity contribution in [3.8, 4) is 18.0 Å². The number of ether oxygens (including phenoxy) is 5. The Labute approximate surface area is 122 Å². The van der Waals surface area contributed by atoms with Crippen LogP contribution in [0.25, 0.3) is 0 Å². The molecule has 114 valence electrons. The summed E-state index contributed by atoms with van der Waals surface area (Å²) in [7, 11) is 0. The van der Waals surface area contributed by atoms with Crippen LogP contribution in [0.5, 0.6) is 18.0 Å². The number of rotatable bonds is 9. The summed E-state index contributed by atoms with van der Waals surface area (Å²) in [5, 5.41) is 0. The summed E-state index contributed by atoms with van der Waals surface area (Å²) in [5.41, 5.74) is 0. The third-order valence-electron chi connectivity index (χ3n) is 2.72. The molecule has 0 radical (unpaired) electrons. The van der Waals surface area contributed by atoms with Gasteiger partial charge in [-0.1, -0.05) is 12.2 Å². The van der Waals surface area contributed by atoms with Crippen molar-refractivity contribution in [1.29, 1.82) is 0 Å². The molecule has 0 amide bonds. The van der Waals surface area contributed by atoms with E-state index in [4.69, 9.17) is 23.7 Å². The van der Waals surface area contributed by atoms with Crippen molar-refractivity contribution in [2.75, 3.05) is 33.0 Å². The topological polar surface area (TPSA) is 91.4 Å². The van der Waals surface area contributed by atoms with E-state index in [-0.39, 0.29) is 30.2 Å². The molecule has 1 aromatic heterocycles. The Morgan fingerprint density at radius 2 is 1.43 bits per heavy atom. The number of hydrogen-bond acceptors (Lipinski definition) is 8. The van der Waals surface area contributed by atoms with Crippen LogP contribution in [0.4, 0.5) is 0 Å². The highest BCUT2D eigenvalue weighted by atomic mass is 16.6. The van der Waals surface area contributed by atoms with Gasteiger partial charge >= 0.3 is 18.0 Å². The Balaban J connectivity index is 1.62. The van der Waals surface area contributed by atoms with Gasteiger partial charge in [-0.05, 0) is 6.92 Å². The van der Waals surface area contributed by atoms with Gasteiger partial charge in [0.1, 0.15) is 32.0 Å². The Hall–Kier alpha value is -1.93. The molecule has 21 heavy (non-hydrogen) atoms. The molecule has 2 saturated heterocycles. The summed E-state index contributed by atoms with van der Waals surface area (Å²) in [6, 6.07) is 0.506. The zero-order chi connectivity index (χ0) is 14.5. The predicted molar refractivity (Wildman–Crippen MR) is 70.6 cm³/mol. The molecular weight excluding hydrogens is 278 g/mol. The molecule has 1 aromatic rings. The van der Waals surface area contributed by atoms with Crippen LogP contribution in [0.3, 0.4) is 0 Å². The second-order valence-electron chi connectivity index (χ2n) is 4.60. The summed E-state index contributed by atoms with van der Waals surface area (Å²) in [4.78, 5) is 12.2. The molecule has 0 spiro atoms. The molecule has 2 fully saturated rings. The predicted octanol–water partition coefficient (Wildman–Crippen LogP) is 0.382. The van der Waals surface area contributed by atoms with Crippen molar-refractivity contribution in [3.63, 3.8) is 0 Å². The van der Waals surface area contributed by atoms with Crippen LogP contribution in [0.15, 0.2) is 12.2 Å². The number of nitrogens with zero attached hydrogens (tertiary/aromatic N) is 3. The Bertz CT molecular complexity index is 468. The van der Waals surface area contributed by atoms with Gasteiger partial charge in [0.25, 0.3) is 0 Å². The van der Waals surface area contributed by atoms with Crippen LogP contribution in [-0.4, -0.2) is 60.2 Å². The average molecular weight is 295 g/mol. The molecule has 3 rings (SSSR count). The maximum absolute atomic E-state index is 5.44.